The predicted octanol–water partition coefficient (Wildman–Crippen LogP) is 4.02. The van der Waals surface area contributed by atoms with E-state index in [4.69, 9.17) is 4.74 Å². The number of aromatic nitrogens is 1. The lowest BCUT2D eigenvalue weighted by molar-refractivity contribution is -0.384. The number of cyclic esters (lactones) is 1. The van der Waals surface area contributed by atoms with Gasteiger partial charge in [-0.2, -0.15) is 0 Å². The van der Waals surface area contributed by atoms with Crippen molar-refractivity contribution in [3.63, 3.8) is 0 Å². The summed E-state index contributed by atoms with van der Waals surface area (Å²) >= 11 is 1.25. The first-order chi connectivity index (χ1) is 15.0. The number of amides is 1. The van der Waals surface area contributed by atoms with Crippen LogP contribution in [0, 0.1) is 10.1 Å². The first kappa shape index (κ1) is 20.4. The summed E-state index contributed by atoms with van der Waals surface area (Å²) in [6.45, 7) is 3.90. The fraction of sp³-hybridized carbons (Fsp3) is 0.136. The molecule has 156 valence electrons. The average Bonchev–Trinajstić information content (AvgIpc) is 3.27. The molecule has 0 bridgehead atoms. The van der Waals surface area contributed by atoms with Crippen LogP contribution in [0.25, 0.3) is 11.3 Å². The van der Waals surface area contributed by atoms with Crippen molar-refractivity contribution in [3.05, 3.63) is 87.8 Å². The Morgan fingerprint density at radius 3 is 2.74 bits per heavy atom. The molecule has 2 heterocycles. The number of fused-ring (bicyclic) bond motifs is 1. The van der Waals surface area contributed by atoms with Crippen LogP contribution in [0.1, 0.15) is 15.9 Å². The molecule has 1 atom stereocenters. The summed E-state index contributed by atoms with van der Waals surface area (Å²) in [7, 11) is 0. The van der Waals surface area contributed by atoms with Crippen LogP contribution >= 0.6 is 11.3 Å². The molecular formula is C22H17N3O5S. The molecule has 31 heavy (non-hydrogen) atoms. The minimum absolute atomic E-state index is 0.0120. The molecule has 0 saturated heterocycles. The molecular weight excluding hydrogens is 418 g/mol. The summed E-state index contributed by atoms with van der Waals surface area (Å²) in [5.41, 5.74) is 2.50. The molecule has 4 rings (SSSR count). The van der Waals surface area contributed by atoms with Gasteiger partial charge in [0, 0.05) is 36.0 Å². The smallest absolute Gasteiger partial charge is 0.339 e. The average molecular weight is 435 g/mol. The van der Waals surface area contributed by atoms with Crippen molar-refractivity contribution < 1.29 is 19.2 Å². The van der Waals surface area contributed by atoms with Crippen LogP contribution < -0.4 is 4.90 Å². The number of nitro groups is 1. The SMILES string of the molecule is C=CCN(C(=O)[C@H]1Cc2ccccc2C(=O)O1)c1nc(-c2ccc([N+](=O)[O-])cc2)cs1. The van der Waals surface area contributed by atoms with Crippen LogP contribution in [0.4, 0.5) is 10.8 Å². The van der Waals surface area contributed by atoms with E-state index < -0.39 is 17.0 Å². The van der Waals surface area contributed by atoms with Crippen molar-refractivity contribution >= 4 is 34.0 Å². The fourth-order valence-electron chi connectivity index (χ4n) is 3.31. The van der Waals surface area contributed by atoms with Gasteiger partial charge in [-0.05, 0) is 23.8 Å². The van der Waals surface area contributed by atoms with Gasteiger partial charge in [-0.15, -0.1) is 17.9 Å². The molecule has 1 aromatic heterocycles. The van der Waals surface area contributed by atoms with Crippen molar-refractivity contribution in [2.45, 2.75) is 12.5 Å². The predicted molar refractivity (Wildman–Crippen MR) is 116 cm³/mol. The van der Waals surface area contributed by atoms with Crippen LogP contribution in [0.15, 0.2) is 66.6 Å². The lowest BCUT2D eigenvalue weighted by atomic mass is 9.98. The number of anilines is 1. The van der Waals surface area contributed by atoms with Gasteiger partial charge in [-0.25, -0.2) is 9.78 Å². The number of hydrogen-bond acceptors (Lipinski definition) is 7. The number of nitro benzene ring substituents is 1. The fourth-order valence-corrected chi connectivity index (χ4v) is 4.16. The van der Waals surface area contributed by atoms with Crippen molar-refractivity contribution in [3.8, 4) is 11.3 Å². The number of rotatable bonds is 6. The zero-order chi connectivity index (χ0) is 22.0. The van der Waals surface area contributed by atoms with Crippen LogP contribution in [-0.2, 0) is 16.0 Å². The van der Waals surface area contributed by atoms with Crippen LogP contribution in [0.2, 0.25) is 0 Å². The maximum Gasteiger partial charge on any atom is 0.339 e. The Labute approximate surface area is 181 Å². The summed E-state index contributed by atoms with van der Waals surface area (Å²) < 4.78 is 5.40. The van der Waals surface area contributed by atoms with Crippen LogP contribution in [0.3, 0.4) is 0 Å². The van der Waals surface area contributed by atoms with E-state index in [-0.39, 0.29) is 24.6 Å². The quantitative estimate of drug-likeness (QED) is 0.251. The van der Waals surface area contributed by atoms with E-state index in [2.05, 4.69) is 11.6 Å². The Morgan fingerprint density at radius 1 is 1.29 bits per heavy atom. The number of non-ortho nitro benzene ring substituents is 1. The Hall–Kier alpha value is -3.85. The minimum atomic E-state index is -0.950. The van der Waals surface area contributed by atoms with E-state index in [9.17, 15) is 19.7 Å². The number of benzene rings is 2. The third kappa shape index (κ3) is 4.08. The largest absolute Gasteiger partial charge is 0.448 e. The second-order valence-electron chi connectivity index (χ2n) is 6.81. The monoisotopic (exact) mass is 435 g/mol. The summed E-state index contributed by atoms with van der Waals surface area (Å²) in [6.07, 6.45) is 0.910. The summed E-state index contributed by atoms with van der Waals surface area (Å²) in [5, 5.41) is 13.0. The normalized spacial score (nSPS) is 15.0. The zero-order valence-electron chi connectivity index (χ0n) is 16.3. The third-order valence-corrected chi connectivity index (χ3v) is 5.71. The molecule has 0 spiro atoms. The second-order valence-corrected chi connectivity index (χ2v) is 7.65. The number of carbonyl (C=O) groups excluding carboxylic acids is 2. The van der Waals surface area contributed by atoms with Gasteiger partial charge >= 0.3 is 5.97 Å². The van der Waals surface area contributed by atoms with Gasteiger partial charge in [0.25, 0.3) is 11.6 Å². The maximum atomic E-state index is 13.2. The molecule has 0 unspecified atom stereocenters. The van der Waals surface area contributed by atoms with E-state index in [1.165, 1.54) is 28.4 Å². The molecule has 1 amide bonds. The lowest BCUT2D eigenvalue weighted by Crippen LogP contribution is -2.44. The number of ether oxygens (including phenoxy) is 1. The first-order valence-corrected chi connectivity index (χ1v) is 10.3. The molecule has 2 aromatic carbocycles. The third-order valence-electron chi connectivity index (χ3n) is 4.84. The molecule has 0 saturated carbocycles. The number of thiazole rings is 1. The topological polar surface area (TPSA) is 103 Å². The summed E-state index contributed by atoms with van der Waals surface area (Å²) in [6, 6.07) is 13.1. The maximum absolute atomic E-state index is 13.2. The first-order valence-electron chi connectivity index (χ1n) is 9.39. The molecule has 9 heteroatoms. The Morgan fingerprint density at radius 2 is 2.03 bits per heavy atom. The van der Waals surface area contributed by atoms with Gasteiger partial charge in [-0.1, -0.05) is 24.3 Å². The molecule has 0 aliphatic carbocycles. The highest BCUT2D eigenvalue weighted by Crippen LogP contribution is 2.30. The van der Waals surface area contributed by atoms with Gasteiger partial charge < -0.3 is 4.74 Å². The Bertz CT molecular complexity index is 1170. The Kier molecular flexibility index (Phi) is 5.59. The molecule has 0 fully saturated rings. The van der Waals surface area contributed by atoms with Crippen molar-refractivity contribution in [2.75, 3.05) is 11.4 Å². The molecule has 3 aromatic rings. The van der Waals surface area contributed by atoms with Gasteiger partial charge in [-0.3, -0.25) is 19.8 Å². The molecule has 0 radical (unpaired) electrons. The molecule has 1 aliphatic heterocycles. The number of esters is 1. The van der Waals surface area contributed by atoms with Crippen molar-refractivity contribution in [1.82, 2.24) is 4.98 Å². The van der Waals surface area contributed by atoms with E-state index in [1.807, 2.05) is 12.1 Å². The highest BCUT2D eigenvalue weighted by molar-refractivity contribution is 7.14. The summed E-state index contributed by atoms with van der Waals surface area (Å²) in [4.78, 5) is 41.8. The van der Waals surface area contributed by atoms with E-state index in [0.717, 1.165) is 5.56 Å². The number of hydrogen-bond donors (Lipinski definition) is 0. The lowest BCUT2D eigenvalue weighted by Gasteiger charge is -2.28. The highest BCUT2D eigenvalue weighted by atomic mass is 32.1. The van der Waals surface area contributed by atoms with E-state index in [1.54, 1.807) is 35.7 Å². The number of nitrogens with zero attached hydrogens (tertiary/aromatic N) is 3. The Balaban J connectivity index is 1.58. The summed E-state index contributed by atoms with van der Waals surface area (Å²) in [5.74, 6) is -0.906. The zero-order valence-corrected chi connectivity index (χ0v) is 17.1. The molecule has 8 nitrogen and oxygen atoms in total. The van der Waals surface area contributed by atoms with Crippen molar-refractivity contribution in [2.24, 2.45) is 0 Å². The van der Waals surface area contributed by atoms with Gasteiger partial charge in [0.1, 0.15) is 0 Å². The number of carbonyl (C=O) groups is 2. The van der Waals surface area contributed by atoms with E-state index >= 15 is 0 Å². The minimum Gasteiger partial charge on any atom is -0.448 e. The van der Waals surface area contributed by atoms with Crippen LogP contribution in [-0.4, -0.2) is 34.4 Å². The van der Waals surface area contributed by atoms with E-state index in [0.29, 0.717) is 22.0 Å². The van der Waals surface area contributed by atoms with Gasteiger partial charge in [0.2, 0.25) is 0 Å². The molecule has 1 aliphatic rings. The standard InChI is InChI=1S/C22H17N3O5S/c1-2-11-24(20(26)19-12-15-5-3-4-6-17(15)21(27)30-19)22-23-18(13-31-22)14-7-9-16(10-8-14)25(28)29/h2-10,13,19H,1,11-12H2/t19-/m1/s1. The molecule has 0 N–H and O–H groups in total. The van der Waals surface area contributed by atoms with Gasteiger partial charge in [0.05, 0.1) is 16.2 Å². The second kappa shape index (κ2) is 8.49. The van der Waals surface area contributed by atoms with Crippen LogP contribution in [0.5, 0.6) is 0 Å². The van der Waals surface area contributed by atoms with Gasteiger partial charge in [0.15, 0.2) is 11.2 Å². The highest BCUT2D eigenvalue weighted by Gasteiger charge is 2.35. The van der Waals surface area contributed by atoms with Crippen molar-refractivity contribution in [1.29, 1.82) is 0 Å².